The summed E-state index contributed by atoms with van der Waals surface area (Å²) in [6.45, 7) is 2.36. The predicted molar refractivity (Wildman–Crippen MR) is 56.0 cm³/mol. The molecule has 2 nitrogen and oxygen atoms in total. The Balaban J connectivity index is 1.96. The summed E-state index contributed by atoms with van der Waals surface area (Å²) >= 11 is 1.94. The molecule has 1 rings (SSSR count). The molecule has 0 spiro atoms. The highest BCUT2D eigenvalue weighted by Gasteiger charge is 2.15. The van der Waals surface area contributed by atoms with Crippen molar-refractivity contribution in [2.24, 2.45) is 0 Å². The van der Waals surface area contributed by atoms with Crippen LogP contribution in [0.5, 0.6) is 0 Å². The molecule has 76 valence electrons. The van der Waals surface area contributed by atoms with Gasteiger partial charge < -0.3 is 4.74 Å². The average molecular weight is 202 g/mol. The zero-order valence-corrected chi connectivity index (χ0v) is 9.07. The third-order valence-corrected chi connectivity index (χ3v) is 3.65. The van der Waals surface area contributed by atoms with Crippen LogP contribution in [0.1, 0.15) is 39.0 Å². The second-order valence-electron chi connectivity index (χ2n) is 3.33. The molecule has 0 aromatic carbocycles. The van der Waals surface area contributed by atoms with Gasteiger partial charge in [-0.05, 0) is 19.8 Å². The fraction of sp³-hybridized carbons (Fsp3) is 0.900. The van der Waals surface area contributed by atoms with Crippen LogP contribution < -0.4 is 0 Å². The van der Waals surface area contributed by atoms with E-state index in [9.17, 15) is 4.79 Å². The van der Waals surface area contributed by atoms with Gasteiger partial charge in [0.2, 0.25) is 0 Å². The molecule has 0 N–H and O–H groups in total. The number of thioether (sulfide) groups is 1. The first-order valence-electron chi connectivity index (χ1n) is 5.10. The van der Waals surface area contributed by atoms with Crippen molar-refractivity contribution in [1.82, 2.24) is 0 Å². The van der Waals surface area contributed by atoms with Gasteiger partial charge in [-0.2, -0.15) is 11.8 Å². The lowest BCUT2D eigenvalue weighted by Gasteiger charge is -2.07. The standard InChI is InChI=1S/C10H18O2S/c1-2-12-10(11)7-8-13-9-5-3-4-6-9/h9H,2-8H2,1H3. The Kier molecular flexibility index (Phi) is 5.28. The van der Waals surface area contributed by atoms with Gasteiger partial charge in [0.25, 0.3) is 0 Å². The summed E-state index contributed by atoms with van der Waals surface area (Å²) in [6, 6.07) is 0. The largest absolute Gasteiger partial charge is 0.466 e. The van der Waals surface area contributed by atoms with Crippen LogP contribution in [0.3, 0.4) is 0 Å². The summed E-state index contributed by atoms with van der Waals surface area (Å²) in [5.74, 6) is 0.886. The Morgan fingerprint density at radius 3 is 2.77 bits per heavy atom. The highest BCUT2D eigenvalue weighted by Crippen LogP contribution is 2.29. The van der Waals surface area contributed by atoms with Crippen LogP contribution in [0.4, 0.5) is 0 Å². The highest BCUT2D eigenvalue weighted by molar-refractivity contribution is 7.99. The number of esters is 1. The predicted octanol–water partition coefficient (Wildman–Crippen LogP) is 2.62. The van der Waals surface area contributed by atoms with Gasteiger partial charge in [-0.1, -0.05) is 12.8 Å². The molecular formula is C10H18O2S. The molecule has 0 heterocycles. The normalized spacial score (nSPS) is 17.6. The fourth-order valence-electron chi connectivity index (χ4n) is 1.60. The van der Waals surface area contributed by atoms with Gasteiger partial charge in [0.05, 0.1) is 13.0 Å². The second-order valence-corrected chi connectivity index (χ2v) is 4.74. The van der Waals surface area contributed by atoms with Crippen molar-refractivity contribution in [3.8, 4) is 0 Å². The maximum atomic E-state index is 11.0. The van der Waals surface area contributed by atoms with E-state index in [1.54, 1.807) is 0 Å². The highest BCUT2D eigenvalue weighted by atomic mass is 32.2. The average Bonchev–Trinajstić information content (AvgIpc) is 2.57. The molecule has 0 atom stereocenters. The third-order valence-electron chi connectivity index (χ3n) is 2.27. The van der Waals surface area contributed by atoms with Gasteiger partial charge in [-0.25, -0.2) is 0 Å². The molecule has 0 amide bonds. The Labute approximate surface area is 84.4 Å². The maximum absolute atomic E-state index is 11.0. The molecule has 3 heteroatoms. The Morgan fingerprint density at radius 1 is 1.46 bits per heavy atom. The molecule has 0 aromatic rings. The quantitative estimate of drug-likeness (QED) is 0.641. The summed E-state index contributed by atoms with van der Waals surface area (Å²) in [7, 11) is 0. The van der Waals surface area contributed by atoms with E-state index in [-0.39, 0.29) is 5.97 Å². The summed E-state index contributed by atoms with van der Waals surface area (Å²) in [5.41, 5.74) is 0. The topological polar surface area (TPSA) is 26.3 Å². The number of hydrogen-bond acceptors (Lipinski definition) is 3. The van der Waals surface area contributed by atoms with E-state index in [2.05, 4.69) is 0 Å². The van der Waals surface area contributed by atoms with Gasteiger partial charge in [0, 0.05) is 11.0 Å². The molecule has 1 aliphatic rings. The SMILES string of the molecule is CCOC(=O)CCSC1CCCC1. The van der Waals surface area contributed by atoms with Crippen molar-refractivity contribution in [3.05, 3.63) is 0 Å². The van der Waals surface area contributed by atoms with E-state index < -0.39 is 0 Å². The van der Waals surface area contributed by atoms with E-state index in [1.807, 2.05) is 18.7 Å². The van der Waals surface area contributed by atoms with E-state index >= 15 is 0 Å². The first-order valence-corrected chi connectivity index (χ1v) is 6.15. The molecular weight excluding hydrogens is 184 g/mol. The molecule has 1 fully saturated rings. The molecule has 0 aliphatic heterocycles. The van der Waals surface area contributed by atoms with Crippen molar-refractivity contribution in [3.63, 3.8) is 0 Å². The Morgan fingerprint density at radius 2 is 2.15 bits per heavy atom. The van der Waals surface area contributed by atoms with Crippen LogP contribution in [0.2, 0.25) is 0 Å². The van der Waals surface area contributed by atoms with Crippen molar-refractivity contribution in [2.45, 2.75) is 44.3 Å². The lowest BCUT2D eigenvalue weighted by Crippen LogP contribution is -2.06. The van der Waals surface area contributed by atoms with Crippen molar-refractivity contribution in [2.75, 3.05) is 12.4 Å². The zero-order chi connectivity index (χ0) is 9.52. The van der Waals surface area contributed by atoms with Crippen molar-refractivity contribution in [1.29, 1.82) is 0 Å². The Hall–Kier alpha value is -0.180. The molecule has 0 unspecified atom stereocenters. The molecule has 0 bridgehead atoms. The third kappa shape index (κ3) is 4.55. The number of carbonyl (C=O) groups excluding carboxylic acids is 1. The first kappa shape index (κ1) is 10.9. The van der Waals surface area contributed by atoms with E-state index in [1.165, 1.54) is 25.7 Å². The maximum Gasteiger partial charge on any atom is 0.306 e. The summed E-state index contributed by atoms with van der Waals surface area (Å²) in [4.78, 5) is 11.0. The summed E-state index contributed by atoms with van der Waals surface area (Å²) in [5, 5.41) is 0.814. The molecule has 13 heavy (non-hydrogen) atoms. The lowest BCUT2D eigenvalue weighted by molar-refractivity contribution is -0.142. The van der Waals surface area contributed by atoms with Crippen LogP contribution in [-0.4, -0.2) is 23.6 Å². The van der Waals surface area contributed by atoms with Gasteiger partial charge in [0.15, 0.2) is 0 Å². The molecule has 1 saturated carbocycles. The number of carbonyl (C=O) groups is 1. The number of ether oxygens (including phenoxy) is 1. The number of hydrogen-bond donors (Lipinski definition) is 0. The number of rotatable bonds is 5. The van der Waals surface area contributed by atoms with Crippen LogP contribution in [0.25, 0.3) is 0 Å². The van der Waals surface area contributed by atoms with Crippen LogP contribution in [-0.2, 0) is 9.53 Å². The summed E-state index contributed by atoms with van der Waals surface area (Å²) < 4.78 is 4.85. The van der Waals surface area contributed by atoms with Gasteiger partial charge in [-0.15, -0.1) is 0 Å². The minimum Gasteiger partial charge on any atom is -0.466 e. The van der Waals surface area contributed by atoms with Gasteiger partial charge in [0.1, 0.15) is 0 Å². The molecule has 0 aromatic heterocycles. The van der Waals surface area contributed by atoms with Crippen LogP contribution in [0, 0.1) is 0 Å². The molecule has 1 aliphatic carbocycles. The lowest BCUT2D eigenvalue weighted by atomic mass is 10.4. The van der Waals surface area contributed by atoms with E-state index in [0.717, 1.165) is 11.0 Å². The monoisotopic (exact) mass is 202 g/mol. The van der Waals surface area contributed by atoms with E-state index in [4.69, 9.17) is 4.74 Å². The van der Waals surface area contributed by atoms with Crippen molar-refractivity contribution >= 4 is 17.7 Å². The fourth-order valence-corrected chi connectivity index (χ4v) is 2.88. The minimum atomic E-state index is -0.0482. The Bertz CT molecular complexity index is 153. The van der Waals surface area contributed by atoms with Crippen LogP contribution in [0.15, 0.2) is 0 Å². The van der Waals surface area contributed by atoms with Gasteiger partial charge >= 0.3 is 5.97 Å². The van der Waals surface area contributed by atoms with Crippen molar-refractivity contribution < 1.29 is 9.53 Å². The minimum absolute atomic E-state index is 0.0482. The first-order chi connectivity index (χ1) is 6.33. The second kappa shape index (κ2) is 6.30. The summed E-state index contributed by atoms with van der Waals surface area (Å²) in [6.07, 6.45) is 6.00. The van der Waals surface area contributed by atoms with Crippen LogP contribution >= 0.6 is 11.8 Å². The van der Waals surface area contributed by atoms with E-state index in [0.29, 0.717) is 13.0 Å². The zero-order valence-electron chi connectivity index (χ0n) is 8.25. The molecule has 0 saturated heterocycles. The van der Waals surface area contributed by atoms with Gasteiger partial charge in [-0.3, -0.25) is 4.79 Å². The molecule has 0 radical (unpaired) electrons. The smallest absolute Gasteiger partial charge is 0.306 e.